The standard InChI is InChI=1S/C24H20N2O8S4/c27-35(28,21-12-6-2-7-13-21)25-37(31,32)23-17-16-20(19-10-4-1-5-11-19)18-24(23)38(33,34)26-36(29,30)22-14-8-3-9-15-22/h1-18,25-26H. The molecule has 0 fully saturated rings. The first kappa shape index (κ1) is 27.6. The van der Waals surface area contributed by atoms with Gasteiger partial charge in [-0.05, 0) is 47.5 Å². The first-order chi connectivity index (χ1) is 17.8. The molecule has 0 atom stereocenters. The van der Waals surface area contributed by atoms with Gasteiger partial charge >= 0.3 is 0 Å². The molecule has 0 amide bonds. The molecular formula is C24H20N2O8S4. The molecule has 4 aromatic carbocycles. The third kappa shape index (κ3) is 6.01. The number of benzene rings is 4. The summed E-state index contributed by atoms with van der Waals surface area (Å²) in [5.74, 6) is 0. The SMILES string of the molecule is O=S(=O)(NS(=O)(=O)c1ccc(-c2ccccc2)cc1S(=O)(=O)NS(=O)(=O)c1ccccc1)c1ccccc1. The molecule has 0 heterocycles. The van der Waals surface area contributed by atoms with Gasteiger partial charge in [0.05, 0.1) is 9.79 Å². The van der Waals surface area contributed by atoms with Crippen molar-refractivity contribution in [2.45, 2.75) is 19.6 Å². The lowest BCUT2D eigenvalue weighted by Crippen LogP contribution is -2.35. The van der Waals surface area contributed by atoms with Gasteiger partial charge in [-0.2, -0.15) is 0 Å². The van der Waals surface area contributed by atoms with Gasteiger partial charge in [0.15, 0.2) is 0 Å². The smallest absolute Gasteiger partial charge is 0.206 e. The maximum atomic E-state index is 13.4. The van der Waals surface area contributed by atoms with E-state index in [1.165, 1.54) is 46.6 Å². The Balaban J connectivity index is 1.86. The Hall–Kier alpha value is -3.40. The van der Waals surface area contributed by atoms with Crippen molar-refractivity contribution in [1.82, 2.24) is 8.25 Å². The molecule has 4 rings (SSSR count). The monoisotopic (exact) mass is 592 g/mol. The van der Waals surface area contributed by atoms with Crippen molar-refractivity contribution in [2.24, 2.45) is 0 Å². The highest BCUT2D eigenvalue weighted by Gasteiger charge is 2.34. The second kappa shape index (κ2) is 10.4. The van der Waals surface area contributed by atoms with Crippen LogP contribution in [-0.4, -0.2) is 33.7 Å². The molecule has 0 bridgehead atoms. The van der Waals surface area contributed by atoms with E-state index in [1.54, 1.807) is 34.5 Å². The maximum absolute atomic E-state index is 13.4. The van der Waals surface area contributed by atoms with Gasteiger partial charge in [0.25, 0.3) is 40.1 Å². The molecule has 0 saturated carbocycles. The van der Waals surface area contributed by atoms with Gasteiger partial charge in [0.2, 0.25) is 0 Å². The van der Waals surface area contributed by atoms with Gasteiger partial charge in [-0.1, -0.05) is 72.8 Å². The summed E-state index contributed by atoms with van der Waals surface area (Å²) in [6.45, 7) is 0. The van der Waals surface area contributed by atoms with Crippen molar-refractivity contribution < 1.29 is 33.7 Å². The Morgan fingerprint density at radius 1 is 0.368 bits per heavy atom. The highest BCUT2D eigenvalue weighted by Crippen LogP contribution is 2.29. The van der Waals surface area contributed by atoms with Crippen molar-refractivity contribution in [1.29, 1.82) is 0 Å². The quantitative estimate of drug-likeness (QED) is 0.300. The van der Waals surface area contributed by atoms with Crippen LogP contribution in [0.2, 0.25) is 0 Å². The Morgan fingerprint density at radius 2 is 0.763 bits per heavy atom. The van der Waals surface area contributed by atoms with E-state index in [0.717, 1.165) is 36.4 Å². The molecule has 198 valence electrons. The molecule has 0 aliphatic carbocycles. The van der Waals surface area contributed by atoms with E-state index in [9.17, 15) is 33.7 Å². The molecule has 0 saturated heterocycles. The fourth-order valence-corrected chi connectivity index (χ4v) is 10.1. The fraction of sp³-hybridized carbons (Fsp3) is 0. The molecule has 38 heavy (non-hydrogen) atoms. The molecule has 0 aromatic heterocycles. The average molecular weight is 593 g/mol. The van der Waals surface area contributed by atoms with Gasteiger partial charge in [0, 0.05) is 0 Å². The van der Waals surface area contributed by atoms with E-state index >= 15 is 0 Å². The predicted molar refractivity (Wildman–Crippen MR) is 140 cm³/mol. The van der Waals surface area contributed by atoms with E-state index < -0.39 is 49.9 Å². The van der Waals surface area contributed by atoms with Crippen molar-refractivity contribution in [3.05, 3.63) is 109 Å². The van der Waals surface area contributed by atoms with Crippen molar-refractivity contribution in [3.63, 3.8) is 0 Å². The molecule has 0 radical (unpaired) electrons. The zero-order chi connectivity index (χ0) is 27.6. The lowest BCUT2D eigenvalue weighted by atomic mass is 10.1. The lowest BCUT2D eigenvalue weighted by Gasteiger charge is -2.15. The first-order valence-electron chi connectivity index (χ1n) is 10.7. The minimum atomic E-state index is -5.08. The number of sulfonamides is 4. The minimum Gasteiger partial charge on any atom is -0.206 e. The van der Waals surface area contributed by atoms with Crippen LogP contribution in [0.25, 0.3) is 11.1 Å². The zero-order valence-corrected chi connectivity index (χ0v) is 22.6. The highest BCUT2D eigenvalue weighted by molar-refractivity contribution is 8.06. The van der Waals surface area contributed by atoms with Crippen LogP contribution in [0.15, 0.2) is 129 Å². The Bertz CT molecular complexity index is 1900. The maximum Gasteiger partial charge on any atom is 0.255 e. The van der Waals surface area contributed by atoms with Crippen LogP contribution in [0.3, 0.4) is 0 Å². The number of rotatable bonds is 9. The van der Waals surface area contributed by atoms with E-state index in [2.05, 4.69) is 0 Å². The summed E-state index contributed by atoms with van der Waals surface area (Å²) in [7, 11) is -19.4. The number of nitrogens with one attached hydrogen (secondary N) is 2. The molecule has 14 heteroatoms. The molecular weight excluding hydrogens is 573 g/mol. The van der Waals surface area contributed by atoms with E-state index in [0.29, 0.717) is 5.56 Å². The van der Waals surface area contributed by atoms with Crippen molar-refractivity contribution >= 4 is 40.1 Å². The van der Waals surface area contributed by atoms with Crippen LogP contribution in [0.4, 0.5) is 0 Å². The highest BCUT2D eigenvalue weighted by atomic mass is 32.3. The van der Waals surface area contributed by atoms with Crippen LogP contribution >= 0.6 is 0 Å². The Kier molecular flexibility index (Phi) is 7.56. The molecule has 0 spiro atoms. The van der Waals surface area contributed by atoms with Gasteiger partial charge < -0.3 is 0 Å². The topological polar surface area (TPSA) is 161 Å². The summed E-state index contributed by atoms with van der Waals surface area (Å²) in [4.78, 5) is -2.68. The van der Waals surface area contributed by atoms with Crippen LogP contribution < -0.4 is 8.25 Å². The largest absolute Gasteiger partial charge is 0.255 e. The Morgan fingerprint density at radius 3 is 1.21 bits per heavy atom. The average Bonchev–Trinajstić information content (AvgIpc) is 2.89. The van der Waals surface area contributed by atoms with Crippen LogP contribution in [0.1, 0.15) is 0 Å². The Labute approximate surface area is 221 Å². The van der Waals surface area contributed by atoms with Crippen molar-refractivity contribution in [3.8, 4) is 11.1 Å². The first-order valence-corrected chi connectivity index (χ1v) is 16.6. The van der Waals surface area contributed by atoms with Crippen LogP contribution in [0, 0.1) is 0 Å². The normalized spacial score (nSPS) is 12.7. The molecule has 0 aliphatic rings. The van der Waals surface area contributed by atoms with E-state index in [4.69, 9.17) is 0 Å². The summed E-state index contributed by atoms with van der Waals surface area (Å²) in [6, 6.07) is 24.6. The van der Waals surface area contributed by atoms with E-state index in [-0.39, 0.29) is 15.4 Å². The number of hydrogen-bond acceptors (Lipinski definition) is 8. The predicted octanol–water partition coefficient (Wildman–Crippen LogP) is 2.69. The lowest BCUT2D eigenvalue weighted by molar-refractivity contribution is 0.565. The van der Waals surface area contributed by atoms with E-state index in [1.807, 2.05) is 0 Å². The third-order valence-electron chi connectivity index (χ3n) is 5.18. The second-order valence-corrected chi connectivity index (χ2v) is 15.0. The summed E-state index contributed by atoms with van der Waals surface area (Å²) in [5.41, 5.74) is 0.747. The minimum absolute atomic E-state index is 0.243. The zero-order valence-electron chi connectivity index (χ0n) is 19.3. The second-order valence-electron chi connectivity index (χ2n) is 7.83. The van der Waals surface area contributed by atoms with Crippen molar-refractivity contribution in [2.75, 3.05) is 0 Å². The molecule has 2 N–H and O–H groups in total. The van der Waals surface area contributed by atoms with Gasteiger partial charge in [-0.3, -0.25) is 0 Å². The van der Waals surface area contributed by atoms with Gasteiger partial charge in [0.1, 0.15) is 9.79 Å². The number of hydrogen-bond donors (Lipinski definition) is 2. The fourth-order valence-electron chi connectivity index (χ4n) is 3.42. The summed E-state index contributed by atoms with van der Waals surface area (Å²) < 4.78 is 107. The van der Waals surface area contributed by atoms with Crippen LogP contribution in [-0.2, 0) is 40.1 Å². The summed E-state index contributed by atoms with van der Waals surface area (Å²) in [6.07, 6.45) is 0. The summed E-state index contributed by atoms with van der Waals surface area (Å²) in [5, 5.41) is 0. The summed E-state index contributed by atoms with van der Waals surface area (Å²) >= 11 is 0. The van der Waals surface area contributed by atoms with Gasteiger partial charge in [-0.15, -0.1) is 8.25 Å². The molecule has 0 aliphatic heterocycles. The molecule has 10 nitrogen and oxygen atoms in total. The van der Waals surface area contributed by atoms with Gasteiger partial charge in [-0.25, -0.2) is 33.7 Å². The van der Waals surface area contributed by atoms with Crippen LogP contribution in [0.5, 0.6) is 0 Å². The third-order valence-corrected chi connectivity index (χ3v) is 12.5. The molecule has 0 unspecified atom stereocenters. The molecule has 4 aromatic rings.